The van der Waals surface area contributed by atoms with Gasteiger partial charge in [0, 0.05) is 40.2 Å². The maximum Gasteiger partial charge on any atom is 0.329 e. The first-order valence-corrected chi connectivity index (χ1v) is 17.1. The summed E-state index contributed by atoms with van der Waals surface area (Å²) in [7, 11) is 3.15. The van der Waals surface area contributed by atoms with Crippen molar-refractivity contribution in [3.05, 3.63) is 71.8 Å². The first kappa shape index (κ1) is 41.9. The van der Waals surface area contributed by atoms with E-state index in [1.54, 1.807) is 14.2 Å². The lowest BCUT2D eigenvalue weighted by molar-refractivity contribution is -0.148. The second-order valence-electron chi connectivity index (χ2n) is 11.2. The third kappa shape index (κ3) is 20.3. The van der Waals surface area contributed by atoms with Gasteiger partial charge in [-0.3, -0.25) is 0 Å². The van der Waals surface area contributed by atoms with Crippen LogP contribution in [0.15, 0.2) is 60.7 Å². The topological polar surface area (TPSA) is 172 Å². The minimum atomic E-state index is -0.858. The summed E-state index contributed by atoms with van der Waals surface area (Å²) in [6.07, 6.45) is 3.64. The fraction of sp³-hybridized carbons (Fsp3) is 0.556. The molecular weight excluding hydrogens is 648 g/mol. The van der Waals surface area contributed by atoms with Crippen molar-refractivity contribution in [2.24, 2.45) is 0 Å². The molecule has 0 bridgehead atoms. The molecule has 2 rings (SSSR count). The fourth-order valence-corrected chi connectivity index (χ4v) is 4.60. The predicted molar refractivity (Wildman–Crippen MR) is 187 cm³/mol. The van der Waals surface area contributed by atoms with Crippen LogP contribution in [0.3, 0.4) is 0 Å². The molecule has 0 aromatic heterocycles. The van der Waals surface area contributed by atoms with Crippen molar-refractivity contribution in [3.63, 3.8) is 0 Å². The molecular formula is C36H54N4O10. The maximum atomic E-state index is 12.7. The Bertz CT molecular complexity index is 1110. The van der Waals surface area contributed by atoms with Crippen LogP contribution in [0.4, 0.5) is 9.59 Å². The molecule has 14 nitrogen and oxygen atoms in total. The van der Waals surface area contributed by atoms with Crippen molar-refractivity contribution in [1.82, 2.24) is 21.3 Å². The Kier molecular flexibility index (Phi) is 23.1. The van der Waals surface area contributed by atoms with Crippen LogP contribution >= 0.6 is 0 Å². The van der Waals surface area contributed by atoms with Crippen LogP contribution in [-0.2, 0) is 50.9 Å². The highest BCUT2D eigenvalue weighted by Gasteiger charge is 2.24. The summed E-state index contributed by atoms with van der Waals surface area (Å²) < 4.78 is 31.2. The van der Waals surface area contributed by atoms with Crippen LogP contribution in [0, 0.1) is 0 Å². The number of benzene rings is 2. The summed E-state index contributed by atoms with van der Waals surface area (Å²) in [5.41, 5.74) is 1.78. The highest BCUT2D eigenvalue weighted by molar-refractivity contribution is 5.84. The third-order valence-electron chi connectivity index (χ3n) is 7.23. The monoisotopic (exact) mass is 702 g/mol. The molecule has 0 radical (unpaired) electrons. The smallest absolute Gasteiger partial charge is 0.329 e. The van der Waals surface area contributed by atoms with Crippen molar-refractivity contribution >= 4 is 24.0 Å². The van der Waals surface area contributed by atoms with Crippen LogP contribution in [0.5, 0.6) is 0 Å². The minimum absolute atomic E-state index is 0.0698. The van der Waals surface area contributed by atoms with Gasteiger partial charge < -0.3 is 49.7 Å². The number of carbonyl (C=O) groups excluding carboxylic acids is 4. The van der Waals surface area contributed by atoms with Crippen LogP contribution in [0.1, 0.15) is 36.8 Å². The standard InChI is InChI=1S/C36H54N4O10/c1-45-19-21-47-23-25-49-33(41)31(27-29-13-7-5-8-14-29)39-35(43)37-17-11-3-4-12-18-38-36(44)40-32(28-30-15-9-6-10-16-30)34(42)50-26-24-48-22-20-46-2/h5-10,13-16,31-32H,3-4,11-12,17-28H2,1-2H3,(H2,37,39,43)(H2,38,40,44). The van der Waals surface area contributed by atoms with Gasteiger partial charge in [0.05, 0.1) is 39.6 Å². The van der Waals surface area contributed by atoms with Gasteiger partial charge in [0.15, 0.2) is 0 Å². The summed E-state index contributed by atoms with van der Waals surface area (Å²) in [6, 6.07) is 16.1. The molecule has 0 saturated carbocycles. The lowest BCUT2D eigenvalue weighted by atomic mass is 10.1. The number of ether oxygens (including phenoxy) is 6. The Balaban J connectivity index is 1.66. The molecule has 2 atom stereocenters. The van der Waals surface area contributed by atoms with E-state index in [1.165, 1.54) is 0 Å². The first-order chi connectivity index (χ1) is 24.4. The number of nitrogens with one attached hydrogen (secondary N) is 4. The zero-order valence-corrected chi connectivity index (χ0v) is 29.3. The molecule has 50 heavy (non-hydrogen) atoms. The zero-order chi connectivity index (χ0) is 36.1. The second kappa shape index (κ2) is 27.6. The van der Waals surface area contributed by atoms with E-state index in [2.05, 4.69) is 21.3 Å². The molecule has 4 N–H and O–H groups in total. The van der Waals surface area contributed by atoms with Crippen LogP contribution in [0.2, 0.25) is 0 Å². The van der Waals surface area contributed by atoms with Gasteiger partial charge in [-0.2, -0.15) is 0 Å². The zero-order valence-electron chi connectivity index (χ0n) is 29.3. The Hall–Kier alpha value is -4.24. The Morgan fingerprint density at radius 1 is 0.520 bits per heavy atom. The number of rotatable bonds is 27. The molecule has 14 heteroatoms. The van der Waals surface area contributed by atoms with Gasteiger partial charge in [-0.1, -0.05) is 73.5 Å². The molecule has 0 saturated heterocycles. The summed E-state index contributed by atoms with van der Waals surface area (Å²) in [6.45, 7) is 3.13. The summed E-state index contributed by atoms with van der Waals surface area (Å²) in [4.78, 5) is 50.7. The molecule has 278 valence electrons. The summed E-state index contributed by atoms with van der Waals surface area (Å²) in [5.74, 6) is -1.08. The lowest BCUT2D eigenvalue weighted by Crippen LogP contribution is -2.48. The number of amides is 4. The van der Waals surface area contributed by atoms with Crippen molar-refractivity contribution < 1.29 is 47.6 Å². The van der Waals surface area contributed by atoms with Gasteiger partial charge in [-0.05, 0) is 24.0 Å². The van der Waals surface area contributed by atoms with Gasteiger partial charge in [0.2, 0.25) is 0 Å². The van der Waals surface area contributed by atoms with Crippen molar-refractivity contribution in [2.75, 3.05) is 80.2 Å². The number of esters is 2. The Morgan fingerprint density at radius 3 is 1.28 bits per heavy atom. The summed E-state index contributed by atoms with van der Waals surface area (Å²) in [5, 5.41) is 11.1. The maximum absolute atomic E-state index is 12.7. The molecule has 0 fully saturated rings. The molecule has 0 heterocycles. The van der Waals surface area contributed by atoms with Gasteiger partial charge in [-0.15, -0.1) is 0 Å². The van der Waals surface area contributed by atoms with Crippen LogP contribution < -0.4 is 21.3 Å². The number of methoxy groups -OCH3 is 2. The number of urea groups is 2. The lowest BCUT2D eigenvalue weighted by Gasteiger charge is -2.18. The van der Waals surface area contributed by atoms with Crippen LogP contribution in [-0.4, -0.2) is 116 Å². The molecule has 0 aliphatic carbocycles. The van der Waals surface area contributed by atoms with E-state index in [4.69, 9.17) is 28.4 Å². The van der Waals surface area contributed by atoms with Gasteiger partial charge in [0.25, 0.3) is 0 Å². The number of hydrogen-bond donors (Lipinski definition) is 4. The fourth-order valence-electron chi connectivity index (χ4n) is 4.60. The van der Waals surface area contributed by atoms with Gasteiger partial charge in [0.1, 0.15) is 25.3 Å². The van der Waals surface area contributed by atoms with Crippen LogP contribution in [0.25, 0.3) is 0 Å². The highest BCUT2D eigenvalue weighted by atomic mass is 16.6. The van der Waals surface area contributed by atoms with E-state index in [0.29, 0.717) is 52.4 Å². The number of hydrogen-bond acceptors (Lipinski definition) is 10. The predicted octanol–water partition coefficient (Wildman–Crippen LogP) is 2.78. The average Bonchev–Trinajstić information content (AvgIpc) is 3.12. The molecule has 4 amide bonds. The first-order valence-electron chi connectivity index (χ1n) is 17.1. The van der Waals surface area contributed by atoms with Crippen molar-refractivity contribution in [1.29, 1.82) is 0 Å². The highest BCUT2D eigenvalue weighted by Crippen LogP contribution is 2.07. The number of unbranched alkanes of at least 4 members (excludes halogenated alkanes) is 3. The largest absolute Gasteiger partial charge is 0.462 e. The SMILES string of the molecule is COCCOCCOC(=O)C(Cc1ccccc1)NC(=O)NCCCCCCNC(=O)NC(Cc1ccccc1)C(=O)OCCOCCOC. The van der Waals surface area contributed by atoms with E-state index in [0.717, 1.165) is 24.0 Å². The molecule has 2 aromatic rings. The van der Waals surface area contributed by atoms with E-state index in [9.17, 15) is 19.2 Å². The molecule has 0 aliphatic rings. The van der Waals surface area contributed by atoms with Crippen molar-refractivity contribution in [3.8, 4) is 0 Å². The van der Waals surface area contributed by atoms with E-state index >= 15 is 0 Å². The third-order valence-corrected chi connectivity index (χ3v) is 7.23. The Morgan fingerprint density at radius 2 is 0.900 bits per heavy atom. The second-order valence-corrected chi connectivity index (χ2v) is 11.2. The molecule has 0 aliphatic heterocycles. The molecule has 2 unspecified atom stereocenters. The molecule has 0 spiro atoms. The normalized spacial score (nSPS) is 12.0. The molecule has 2 aromatic carbocycles. The minimum Gasteiger partial charge on any atom is -0.462 e. The Labute approximate surface area is 295 Å². The van der Waals surface area contributed by atoms with Gasteiger partial charge >= 0.3 is 24.0 Å². The van der Waals surface area contributed by atoms with E-state index in [-0.39, 0.29) is 39.3 Å². The van der Waals surface area contributed by atoms with E-state index in [1.807, 2.05) is 60.7 Å². The quantitative estimate of drug-likeness (QED) is 0.0802. The van der Waals surface area contributed by atoms with Gasteiger partial charge in [-0.25, -0.2) is 19.2 Å². The van der Waals surface area contributed by atoms with Crippen molar-refractivity contribution in [2.45, 2.75) is 50.6 Å². The average molecular weight is 703 g/mol. The van der Waals surface area contributed by atoms with E-state index < -0.39 is 36.1 Å². The number of carbonyl (C=O) groups is 4. The summed E-state index contributed by atoms with van der Waals surface area (Å²) >= 11 is 0.